The Labute approximate surface area is 552 Å². The molecule has 16 heteroatoms. The number of carbonyl (C=O) groups excluding carboxylic acids is 1. The summed E-state index contributed by atoms with van der Waals surface area (Å²) in [5.74, 6) is -1.04. The second kappa shape index (κ2) is 36.0. The SMILES string of the molecule is CC1(C)OC[C@H]2O[C@@H](O[C@H]3[C@H](OCc4ccccc4)[C@@H](OCc4ccccc4)[C@H](OCCOCCOCCN(Cc4ccccc4)C(=O)c4ccccc4COCc4ccccc4)O[C@@H]3COCc3ccccc3)[C@H](OCc3ccccc3)[C@@H](OCc3ccccc3)[C@H]2O1. The first-order valence-electron chi connectivity index (χ1n) is 32.6. The molecular weight excluding hydrogens is 1190 g/mol. The molecule has 0 unspecified atom stereocenters. The number of carbonyl (C=O) groups is 1. The molecular formula is C78H87NO15. The van der Waals surface area contributed by atoms with E-state index in [9.17, 15) is 4.79 Å². The van der Waals surface area contributed by atoms with E-state index in [1.165, 1.54) is 0 Å². The minimum absolute atomic E-state index is 0.0661. The largest absolute Gasteiger partial charge is 0.377 e. The number of rotatable bonds is 35. The van der Waals surface area contributed by atoms with Crippen molar-refractivity contribution in [3.05, 3.63) is 287 Å². The number of nitrogens with zero attached hydrogens (tertiary/aromatic N) is 1. The summed E-state index contributed by atoms with van der Waals surface area (Å²) in [6.07, 6.45) is -8.37. The molecule has 3 aliphatic heterocycles. The lowest BCUT2D eigenvalue weighted by Gasteiger charge is -2.52. The maximum absolute atomic E-state index is 14.4. The lowest BCUT2D eigenvalue weighted by molar-refractivity contribution is -0.409. The van der Waals surface area contributed by atoms with Gasteiger partial charge in [0.25, 0.3) is 5.91 Å². The van der Waals surface area contributed by atoms with Crippen LogP contribution in [0, 0.1) is 0 Å². The molecule has 11 rings (SSSR count). The second-order valence-corrected chi connectivity index (χ2v) is 24.0. The van der Waals surface area contributed by atoms with Crippen molar-refractivity contribution in [1.82, 2.24) is 4.90 Å². The van der Waals surface area contributed by atoms with Crippen molar-refractivity contribution in [1.29, 1.82) is 0 Å². The molecule has 0 spiro atoms. The Morgan fingerprint density at radius 2 is 0.851 bits per heavy atom. The van der Waals surface area contributed by atoms with Crippen LogP contribution in [0.1, 0.15) is 68.7 Å². The first kappa shape index (κ1) is 68.1. The van der Waals surface area contributed by atoms with E-state index in [0.29, 0.717) is 38.5 Å². The molecule has 0 bridgehead atoms. The lowest BCUT2D eigenvalue weighted by atomic mass is 9.95. The van der Waals surface area contributed by atoms with Crippen molar-refractivity contribution in [2.24, 2.45) is 0 Å². The van der Waals surface area contributed by atoms with Crippen molar-refractivity contribution < 1.29 is 71.1 Å². The Bertz CT molecular complexity index is 3410. The third kappa shape index (κ3) is 20.3. The van der Waals surface area contributed by atoms with E-state index in [2.05, 4.69) is 0 Å². The first-order valence-corrected chi connectivity index (χ1v) is 32.6. The van der Waals surface area contributed by atoms with Gasteiger partial charge in [-0.25, -0.2) is 0 Å². The van der Waals surface area contributed by atoms with Crippen LogP contribution in [0.3, 0.4) is 0 Å². The number of hydrogen-bond donors (Lipinski definition) is 0. The van der Waals surface area contributed by atoms with Crippen LogP contribution in [0.15, 0.2) is 237 Å². The molecule has 3 heterocycles. The van der Waals surface area contributed by atoms with Gasteiger partial charge in [-0.2, -0.15) is 0 Å². The monoisotopic (exact) mass is 1280 g/mol. The molecule has 3 aliphatic rings. The van der Waals surface area contributed by atoms with E-state index >= 15 is 0 Å². The van der Waals surface area contributed by atoms with Gasteiger partial charge in [-0.3, -0.25) is 4.79 Å². The fourth-order valence-electron chi connectivity index (χ4n) is 11.7. The Balaban J connectivity index is 0.810. The normalized spacial score (nSPS) is 22.5. The maximum atomic E-state index is 14.4. The Morgan fingerprint density at radius 1 is 0.415 bits per heavy atom. The highest BCUT2D eigenvalue weighted by atomic mass is 16.8. The Hall–Kier alpha value is -7.33. The summed E-state index contributed by atoms with van der Waals surface area (Å²) in [7, 11) is 0. The standard InChI is InChI=1S/C78H87NO15/c1-78(2)90-57-68-70(94-78)72(87-52-62-34-18-7-19-35-62)74(89-54-64-38-22-9-23-39-64)77(92-68)93-69-67(56-84-50-60-30-14-5-15-31-60)91-76(73(88-53-63-36-20-8-21-37-63)71(69)86-51-61-32-16-6-17-33-61)85-47-46-82-45-44-81-43-42-79(48-58-26-10-3-11-27-58)75(80)66-41-25-24-40-65(66)55-83-49-59-28-12-4-13-29-59/h3-41,67-74,76-77H,42-57H2,1-2H3/t67-,68-,69-,70+,71+,72+,73-,74-,76-,77+/m1/s1. The Kier molecular flexibility index (Phi) is 26.0. The van der Waals surface area contributed by atoms with E-state index in [4.69, 9.17) is 66.3 Å². The molecule has 94 heavy (non-hydrogen) atoms. The number of amides is 1. The minimum atomic E-state index is -1.09. The van der Waals surface area contributed by atoms with Gasteiger partial charge < -0.3 is 71.2 Å². The zero-order valence-corrected chi connectivity index (χ0v) is 53.7. The topological polar surface area (TPSA) is 150 Å². The van der Waals surface area contributed by atoms with Crippen LogP contribution < -0.4 is 0 Å². The molecule has 0 aromatic heterocycles. The fourth-order valence-corrected chi connectivity index (χ4v) is 11.7. The van der Waals surface area contributed by atoms with E-state index in [-0.39, 0.29) is 78.6 Å². The van der Waals surface area contributed by atoms with Crippen molar-refractivity contribution >= 4 is 5.91 Å². The quantitative estimate of drug-likeness (QED) is 0.0346. The van der Waals surface area contributed by atoms with Crippen LogP contribution in [0.2, 0.25) is 0 Å². The number of fused-ring (bicyclic) bond motifs is 1. The van der Waals surface area contributed by atoms with Crippen molar-refractivity contribution in [3.8, 4) is 0 Å². The third-order valence-electron chi connectivity index (χ3n) is 16.5. The van der Waals surface area contributed by atoms with Crippen LogP contribution in [-0.4, -0.2) is 131 Å². The number of hydrogen-bond acceptors (Lipinski definition) is 15. The van der Waals surface area contributed by atoms with Gasteiger partial charge in [0.05, 0.1) is 92.5 Å². The summed E-state index contributed by atoms with van der Waals surface area (Å²) in [6.45, 7) is 7.91. The first-order chi connectivity index (χ1) is 46.3. The fraction of sp³-hybridized carbons (Fsp3) is 0.372. The highest BCUT2D eigenvalue weighted by Crippen LogP contribution is 2.39. The smallest absolute Gasteiger partial charge is 0.254 e. The third-order valence-corrected chi connectivity index (χ3v) is 16.5. The summed E-state index contributed by atoms with van der Waals surface area (Å²) < 4.78 is 94.7. The molecule has 1 amide bonds. The van der Waals surface area contributed by atoms with Gasteiger partial charge in [0.1, 0.15) is 48.8 Å². The van der Waals surface area contributed by atoms with Crippen molar-refractivity contribution in [2.45, 2.75) is 134 Å². The zero-order chi connectivity index (χ0) is 64.4. The summed E-state index contributed by atoms with van der Waals surface area (Å²) in [5, 5.41) is 0. The molecule has 0 N–H and O–H groups in total. The molecule has 494 valence electrons. The van der Waals surface area contributed by atoms with Crippen LogP contribution in [0.5, 0.6) is 0 Å². The molecule has 8 aromatic carbocycles. The highest BCUT2D eigenvalue weighted by Gasteiger charge is 2.56. The number of ether oxygens (including phenoxy) is 14. The molecule has 0 saturated carbocycles. The predicted molar refractivity (Wildman–Crippen MR) is 353 cm³/mol. The minimum Gasteiger partial charge on any atom is -0.377 e. The average molecular weight is 1280 g/mol. The summed E-state index contributed by atoms with van der Waals surface area (Å²) in [6, 6.07) is 77.5. The van der Waals surface area contributed by atoms with Crippen molar-refractivity contribution in [3.63, 3.8) is 0 Å². The van der Waals surface area contributed by atoms with Crippen molar-refractivity contribution in [2.75, 3.05) is 52.8 Å². The summed E-state index contributed by atoms with van der Waals surface area (Å²) in [5.41, 5.74) is 8.29. The van der Waals surface area contributed by atoms with Crippen LogP contribution >= 0.6 is 0 Å². The predicted octanol–water partition coefficient (Wildman–Crippen LogP) is 12.6. The molecule has 3 saturated heterocycles. The second-order valence-electron chi connectivity index (χ2n) is 24.0. The van der Waals surface area contributed by atoms with Gasteiger partial charge >= 0.3 is 0 Å². The lowest BCUT2D eigenvalue weighted by Crippen LogP contribution is -2.68. The highest BCUT2D eigenvalue weighted by molar-refractivity contribution is 5.95. The van der Waals surface area contributed by atoms with Gasteiger partial charge in [-0.15, -0.1) is 0 Å². The molecule has 8 aromatic rings. The molecule has 10 atom stereocenters. The number of benzene rings is 8. The maximum Gasteiger partial charge on any atom is 0.254 e. The summed E-state index contributed by atoms with van der Waals surface area (Å²) in [4.78, 5) is 16.2. The molecule has 0 aliphatic carbocycles. The van der Waals surface area contributed by atoms with Gasteiger partial charge in [0, 0.05) is 18.7 Å². The van der Waals surface area contributed by atoms with E-state index in [1.807, 2.05) is 255 Å². The molecule has 0 radical (unpaired) electrons. The van der Waals surface area contributed by atoms with Gasteiger partial charge in [0.15, 0.2) is 18.4 Å². The van der Waals surface area contributed by atoms with E-state index in [1.54, 1.807) is 0 Å². The van der Waals surface area contributed by atoms with Gasteiger partial charge in [-0.1, -0.05) is 231 Å². The van der Waals surface area contributed by atoms with Crippen LogP contribution in [-0.2, 0) is 119 Å². The van der Waals surface area contributed by atoms with Crippen LogP contribution in [0.4, 0.5) is 0 Å². The Morgan fingerprint density at radius 3 is 1.39 bits per heavy atom. The summed E-state index contributed by atoms with van der Waals surface area (Å²) >= 11 is 0. The van der Waals surface area contributed by atoms with Gasteiger partial charge in [0.2, 0.25) is 0 Å². The van der Waals surface area contributed by atoms with E-state index < -0.39 is 67.2 Å². The zero-order valence-electron chi connectivity index (χ0n) is 53.7. The van der Waals surface area contributed by atoms with Crippen LogP contribution in [0.25, 0.3) is 0 Å². The molecule has 3 fully saturated rings. The molecule has 16 nitrogen and oxygen atoms in total. The van der Waals surface area contributed by atoms with Gasteiger partial charge in [-0.05, 0) is 64.4 Å². The average Bonchev–Trinajstić information content (AvgIpc) is 0.765. The van der Waals surface area contributed by atoms with E-state index in [0.717, 1.165) is 44.5 Å².